The molecule has 0 bridgehead atoms. The summed E-state index contributed by atoms with van der Waals surface area (Å²) in [5.74, 6) is -1.82. The Labute approximate surface area is 164 Å². The van der Waals surface area contributed by atoms with E-state index in [4.69, 9.17) is 14.6 Å². The highest BCUT2D eigenvalue weighted by Gasteiger charge is 2.43. The van der Waals surface area contributed by atoms with E-state index in [1.54, 1.807) is 30.3 Å². The van der Waals surface area contributed by atoms with Gasteiger partial charge in [-0.1, -0.05) is 0 Å². The molecule has 2 aliphatic rings. The number of fused-ring (bicyclic) bond motifs is 1. The minimum Gasteiger partial charge on any atom is -0.475 e. The number of rotatable bonds is 4. The number of carbonyl (C=O) groups excluding carboxylic acids is 1. The molecule has 2 N–H and O–H groups in total. The molecule has 1 aromatic rings. The summed E-state index contributed by atoms with van der Waals surface area (Å²) in [6, 6.07) is -0.0314. The molecule has 0 spiro atoms. The highest BCUT2D eigenvalue weighted by molar-refractivity contribution is 7.09. The molecule has 0 aliphatic carbocycles. The van der Waals surface area contributed by atoms with Crippen LogP contribution < -0.4 is 5.32 Å². The summed E-state index contributed by atoms with van der Waals surface area (Å²) in [4.78, 5) is 28.8. The van der Waals surface area contributed by atoms with E-state index in [1.807, 2.05) is 11.6 Å². The van der Waals surface area contributed by atoms with Crippen molar-refractivity contribution < 1.29 is 32.6 Å². The van der Waals surface area contributed by atoms with Crippen LogP contribution in [-0.2, 0) is 16.1 Å². The van der Waals surface area contributed by atoms with Crippen LogP contribution in [0.3, 0.4) is 0 Å². The molecule has 2 amide bonds. The van der Waals surface area contributed by atoms with Gasteiger partial charge < -0.3 is 20.1 Å². The Morgan fingerprint density at radius 3 is 2.64 bits per heavy atom. The van der Waals surface area contributed by atoms with Gasteiger partial charge in [-0.15, -0.1) is 11.3 Å². The van der Waals surface area contributed by atoms with Gasteiger partial charge in [-0.3, -0.25) is 4.90 Å². The van der Waals surface area contributed by atoms with Crippen LogP contribution in [-0.4, -0.2) is 84.5 Å². The average molecular weight is 424 g/mol. The number of thiazole rings is 1. The highest BCUT2D eigenvalue weighted by atomic mass is 32.1. The number of amides is 2. The van der Waals surface area contributed by atoms with Gasteiger partial charge in [0, 0.05) is 57.1 Å². The number of likely N-dealkylation sites (tertiary alicyclic amines) is 1. The standard InChI is InChI=1S/C14H22N4O2S.C2HF3O2/c1-17(2)14(19)16-5-10-9-20-12-7-18(6-11(10)12)8-13-15-3-4-21-13;3-2(4,5)1(6)7/h3-4,10-12H,5-9H2,1-2H3,(H,16,19);(H,6,7)/t10-,11-,12-;/m1./s1. The fraction of sp³-hybridized carbons (Fsp3) is 0.688. The second-order valence-corrected chi connectivity index (χ2v) is 7.78. The summed E-state index contributed by atoms with van der Waals surface area (Å²) >= 11 is 1.70. The summed E-state index contributed by atoms with van der Waals surface area (Å²) in [5.41, 5.74) is 0. The second kappa shape index (κ2) is 9.52. The molecule has 158 valence electrons. The molecule has 28 heavy (non-hydrogen) atoms. The molecule has 3 atom stereocenters. The number of urea groups is 1. The van der Waals surface area contributed by atoms with Gasteiger partial charge in [-0.2, -0.15) is 13.2 Å². The van der Waals surface area contributed by atoms with Crippen molar-refractivity contribution in [1.82, 2.24) is 20.1 Å². The van der Waals surface area contributed by atoms with Gasteiger partial charge in [0.25, 0.3) is 0 Å². The Morgan fingerprint density at radius 2 is 2.11 bits per heavy atom. The smallest absolute Gasteiger partial charge is 0.475 e. The van der Waals surface area contributed by atoms with Crippen molar-refractivity contribution in [2.24, 2.45) is 11.8 Å². The zero-order chi connectivity index (χ0) is 20.9. The summed E-state index contributed by atoms with van der Waals surface area (Å²) in [5, 5.41) is 13.3. The van der Waals surface area contributed by atoms with Crippen molar-refractivity contribution in [3.8, 4) is 0 Å². The number of nitrogens with one attached hydrogen (secondary N) is 1. The first kappa shape index (κ1) is 22.4. The van der Waals surface area contributed by atoms with Crippen molar-refractivity contribution in [2.75, 3.05) is 40.3 Å². The summed E-state index contributed by atoms with van der Waals surface area (Å²) in [6.07, 6.45) is -2.92. The lowest BCUT2D eigenvalue weighted by Crippen LogP contribution is -2.39. The summed E-state index contributed by atoms with van der Waals surface area (Å²) < 4.78 is 37.6. The number of hydrogen-bond acceptors (Lipinski definition) is 6. The Hall–Kier alpha value is -1.92. The van der Waals surface area contributed by atoms with Gasteiger partial charge in [0.05, 0.1) is 19.3 Å². The maximum Gasteiger partial charge on any atom is 0.490 e. The minimum absolute atomic E-state index is 0.0314. The van der Waals surface area contributed by atoms with Gasteiger partial charge in [0.2, 0.25) is 0 Å². The van der Waals surface area contributed by atoms with Gasteiger partial charge in [0.15, 0.2) is 0 Å². The van der Waals surface area contributed by atoms with Crippen LogP contribution in [0.1, 0.15) is 5.01 Å². The number of ether oxygens (including phenoxy) is 1. The first-order valence-corrected chi connectivity index (χ1v) is 9.43. The maximum absolute atomic E-state index is 11.6. The maximum atomic E-state index is 11.6. The molecule has 0 radical (unpaired) electrons. The number of nitrogens with zero attached hydrogens (tertiary/aromatic N) is 3. The molecular formula is C16H23F3N4O4S. The van der Waals surface area contributed by atoms with Crippen LogP contribution >= 0.6 is 11.3 Å². The second-order valence-electron chi connectivity index (χ2n) is 6.80. The molecule has 2 saturated heterocycles. The Kier molecular flexibility index (Phi) is 7.61. The Morgan fingerprint density at radius 1 is 1.43 bits per heavy atom. The molecule has 12 heteroatoms. The number of aromatic nitrogens is 1. The Balaban J connectivity index is 0.000000345. The zero-order valence-corrected chi connectivity index (χ0v) is 16.3. The van der Waals surface area contributed by atoms with Crippen LogP contribution in [0.2, 0.25) is 0 Å². The Bertz CT molecular complexity index is 657. The SMILES string of the molecule is CN(C)C(=O)NC[C@@H]1CO[C@@H]2CN(Cc3nccs3)C[C@H]12.O=C(O)C(F)(F)F. The third-order valence-electron chi connectivity index (χ3n) is 4.52. The van der Waals surface area contributed by atoms with Crippen molar-refractivity contribution in [1.29, 1.82) is 0 Å². The van der Waals surface area contributed by atoms with Crippen molar-refractivity contribution in [3.05, 3.63) is 16.6 Å². The van der Waals surface area contributed by atoms with Crippen LogP contribution in [0.25, 0.3) is 0 Å². The summed E-state index contributed by atoms with van der Waals surface area (Å²) in [6.45, 7) is 4.37. The lowest BCUT2D eigenvalue weighted by molar-refractivity contribution is -0.192. The number of carboxylic acid groups (broad SMARTS) is 1. The summed E-state index contributed by atoms with van der Waals surface area (Å²) in [7, 11) is 3.52. The van der Waals surface area contributed by atoms with E-state index in [9.17, 15) is 18.0 Å². The number of carboxylic acids is 1. The van der Waals surface area contributed by atoms with Crippen LogP contribution in [0.15, 0.2) is 11.6 Å². The van der Waals surface area contributed by atoms with Gasteiger partial charge >= 0.3 is 18.2 Å². The lowest BCUT2D eigenvalue weighted by Gasteiger charge is -2.20. The van der Waals surface area contributed by atoms with Crippen molar-refractivity contribution >= 4 is 23.3 Å². The molecule has 8 nitrogen and oxygen atoms in total. The van der Waals surface area contributed by atoms with E-state index >= 15 is 0 Å². The van der Waals surface area contributed by atoms with E-state index in [1.165, 1.54) is 0 Å². The van der Waals surface area contributed by atoms with E-state index in [-0.39, 0.29) is 6.03 Å². The molecule has 0 aromatic carbocycles. The number of halogens is 3. The van der Waals surface area contributed by atoms with Crippen LogP contribution in [0.4, 0.5) is 18.0 Å². The van der Waals surface area contributed by atoms with E-state index < -0.39 is 12.1 Å². The highest BCUT2D eigenvalue weighted by Crippen LogP contribution is 2.34. The molecule has 0 unspecified atom stereocenters. The fourth-order valence-corrected chi connectivity index (χ4v) is 3.78. The third kappa shape index (κ3) is 6.31. The van der Waals surface area contributed by atoms with Crippen molar-refractivity contribution in [2.45, 2.75) is 18.8 Å². The minimum atomic E-state index is -5.08. The normalized spacial score (nSPS) is 24.2. The molecule has 1 aromatic heterocycles. The first-order chi connectivity index (χ1) is 13.1. The van der Waals surface area contributed by atoms with E-state index in [0.29, 0.717) is 24.5 Å². The first-order valence-electron chi connectivity index (χ1n) is 8.55. The molecule has 2 fully saturated rings. The third-order valence-corrected chi connectivity index (χ3v) is 5.29. The number of carbonyl (C=O) groups is 2. The molecule has 3 heterocycles. The van der Waals surface area contributed by atoms with Gasteiger partial charge in [0.1, 0.15) is 5.01 Å². The number of alkyl halides is 3. The van der Waals surface area contributed by atoms with Crippen LogP contribution in [0.5, 0.6) is 0 Å². The number of aliphatic carboxylic acids is 1. The quantitative estimate of drug-likeness (QED) is 0.761. The monoisotopic (exact) mass is 424 g/mol. The zero-order valence-electron chi connectivity index (χ0n) is 15.5. The molecule has 2 aliphatic heterocycles. The molecular weight excluding hydrogens is 401 g/mol. The van der Waals surface area contributed by atoms with Crippen molar-refractivity contribution in [3.63, 3.8) is 0 Å². The average Bonchev–Trinajstić information content (AvgIpc) is 3.30. The topological polar surface area (TPSA) is 95.0 Å². The predicted octanol–water partition coefficient (Wildman–Crippen LogP) is 1.49. The largest absolute Gasteiger partial charge is 0.490 e. The van der Waals surface area contributed by atoms with E-state index in [0.717, 1.165) is 31.2 Å². The predicted molar refractivity (Wildman–Crippen MR) is 94.9 cm³/mol. The fourth-order valence-electron chi connectivity index (χ4n) is 3.12. The lowest BCUT2D eigenvalue weighted by atomic mass is 9.93. The van der Waals surface area contributed by atoms with E-state index in [2.05, 4.69) is 15.2 Å². The van der Waals surface area contributed by atoms with Crippen LogP contribution in [0, 0.1) is 11.8 Å². The number of hydrogen-bond donors (Lipinski definition) is 2. The van der Waals surface area contributed by atoms with Gasteiger partial charge in [-0.05, 0) is 0 Å². The molecule has 0 saturated carbocycles. The van der Waals surface area contributed by atoms with Gasteiger partial charge in [-0.25, -0.2) is 14.6 Å². The molecule has 3 rings (SSSR count).